The Hall–Kier alpha value is -1.99. The second-order valence-electron chi connectivity index (χ2n) is 9.25. The molecule has 4 rings (SSSR count). The number of ketones is 1. The minimum Gasteiger partial charge on any atom is -0.385 e. The van der Waals surface area contributed by atoms with E-state index in [0.717, 1.165) is 15.7 Å². The van der Waals surface area contributed by atoms with Gasteiger partial charge < -0.3 is 9.64 Å². The number of nitrogens with zero attached hydrogens (tertiary/aromatic N) is 2. The maximum atomic E-state index is 13.6. The van der Waals surface area contributed by atoms with Gasteiger partial charge in [0.1, 0.15) is 6.04 Å². The van der Waals surface area contributed by atoms with Crippen molar-refractivity contribution in [3.05, 3.63) is 34.3 Å². The molecule has 0 aromatic heterocycles. The van der Waals surface area contributed by atoms with Crippen LogP contribution >= 0.6 is 15.9 Å². The molecule has 0 bridgehead atoms. The summed E-state index contributed by atoms with van der Waals surface area (Å²) in [6.07, 6.45) is 4.56. The molecule has 30 heavy (non-hydrogen) atoms. The fourth-order valence-corrected chi connectivity index (χ4v) is 5.32. The summed E-state index contributed by atoms with van der Waals surface area (Å²) in [6, 6.07) is 4.93. The summed E-state index contributed by atoms with van der Waals surface area (Å²) >= 11 is 3.50. The number of anilines is 1. The Morgan fingerprint density at radius 3 is 2.53 bits per heavy atom. The summed E-state index contributed by atoms with van der Waals surface area (Å²) in [5.41, 5.74) is 1.24. The molecule has 4 atom stereocenters. The van der Waals surface area contributed by atoms with E-state index in [2.05, 4.69) is 15.9 Å². The first kappa shape index (κ1) is 21.2. The number of methoxy groups -OCH3 is 1. The van der Waals surface area contributed by atoms with Crippen molar-refractivity contribution in [3.8, 4) is 0 Å². The SMILES string of the molecule is COCCCN1C(=O)[C@@H]2[C@H](C1=O)[C@@H](C(=O)C(C)(C)C)N1c3ccc(Br)cc3C=C[C@@H]21. The first-order valence-corrected chi connectivity index (χ1v) is 11.1. The second-order valence-corrected chi connectivity index (χ2v) is 10.2. The van der Waals surface area contributed by atoms with E-state index in [1.165, 1.54) is 4.90 Å². The first-order chi connectivity index (χ1) is 14.2. The van der Waals surface area contributed by atoms with Crippen molar-refractivity contribution >= 4 is 45.3 Å². The van der Waals surface area contributed by atoms with Crippen molar-refractivity contribution in [2.45, 2.75) is 39.3 Å². The highest BCUT2D eigenvalue weighted by Crippen LogP contribution is 2.50. The molecule has 0 unspecified atom stereocenters. The van der Waals surface area contributed by atoms with Gasteiger partial charge in [-0.3, -0.25) is 19.3 Å². The van der Waals surface area contributed by atoms with Crippen LogP contribution in [-0.4, -0.2) is 54.8 Å². The summed E-state index contributed by atoms with van der Waals surface area (Å²) in [7, 11) is 1.60. The van der Waals surface area contributed by atoms with Gasteiger partial charge in [0.05, 0.1) is 17.9 Å². The van der Waals surface area contributed by atoms with E-state index in [9.17, 15) is 14.4 Å². The fraction of sp³-hybridized carbons (Fsp3) is 0.522. The molecule has 1 aromatic rings. The van der Waals surface area contributed by atoms with E-state index in [0.29, 0.717) is 19.6 Å². The van der Waals surface area contributed by atoms with Crippen molar-refractivity contribution in [2.75, 3.05) is 25.2 Å². The van der Waals surface area contributed by atoms with Crippen LogP contribution in [0.5, 0.6) is 0 Å². The van der Waals surface area contributed by atoms with Gasteiger partial charge >= 0.3 is 0 Å². The standard InChI is InChI=1S/C23H27BrN2O4/c1-23(2,3)20(27)19-18-17(21(28)25(22(18)29)10-5-11-30-4)16-8-6-13-12-14(24)7-9-15(13)26(16)19/h6-9,12,16-19H,5,10-11H2,1-4H3/t16-,17-,18-,19-/m0/s1. The molecule has 3 heterocycles. The number of carbonyl (C=O) groups is 3. The number of hydrogen-bond acceptors (Lipinski definition) is 5. The molecule has 0 aliphatic carbocycles. The number of benzene rings is 1. The smallest absolute Gasteiger partial charge is 0.235 e. The minimum absolute atomic E-state index is 0.0101. The average molecular weight is 475 g/mol. The molecule has 2 amide bonds. The molecule has 7 heteroatoms. The highest BCUT2D eigenvalue weighted by Gasteiger charge is 2.64. The number of amides is 2. The van der Waals surface area contributed by atoms with Crippen molar-refractivity contribution < 1.29 is 19.1 Å². The number of halogens is 1. The predicted octanol–water partition coefficient (Wildman–Crippen LogP) is 3.29. The Labute approximate surface area is 185 Å². The lowest BCUT2D eigenvalue weighted by Crippen LogP contribution is -2.51. The lowest BCUT2D eigenvalue weighted by molar-refractivity contribution is -0.142. The Bertz CT molecular complexity index is 936. The summed E-state index contributed by atoms with van der Waals surface area (Å²) in [4.78, 5) is 43.7. The normalized spacial score (nSPS) is 27.4. The highest BCUT2D eigenvalue weighted by molar-refractivity contribution is 9.10. The number of hydrogen-bond donors (Lipinski definition) is 0. The average Bonchev–Trinajstić information content (AvgIpc) is 3.15. The molecule has 0 N–H and O–H groups in total. The third kappa shape index (κ3) is 3.23. The maximum absolute atomic E-state index is 13.6. The Morgan fingerprint density at radius 2 is 1.87 bits per heavy atom. The molecule has 3 aliphatic rings. The minimum atomic E-state index is -0.659. The van der Waals surface area contributed by atoms with E-state index < -0.39 is 23.3 Å². The van der Waals surface area contributed by atoms with Gasteiger partial charge in [-0.05, 0) is 30.2 Å². The Balaban J connectivity index is 1.78. The van der Waals surface area contributed by atoms with E-state index in [4.69, 9.17) is 4.74 Å². The van der Waals surface area contributed by atoms with Gasteiger partial charge in [0.15, 0.2) is 5.78 Å². The number of rotatable bonds is 5. The van der Waals surface area contributed by atoms with Crippen LogP contribution in [0.4, 0.5) is 5.69 Å². The molecular formula is C23H27BrN2O4. The van der Waals surface area contributed by atoms with E-state index in [-0.39, 0.29) is 23.6 Å². The number of imide groups is 1. The van der Waals surface area contributed by atoms with Crippen LogP contribution in [0.15, 0.2) is 28.7 Å². The summed E-state index contributed by atoms with van der Waals surface area (Å²) < 4.78 is 6.02. The third-order valence-corrected chi connectivity index (χ3v) is 6.79. The Kier molecular flexibility index (Phi) is 5.39. The van der Waals surface area contributed by atoms with Crippen LogP contribution in [0.1, 0.15) is 32.8 Å². The van der Waals surface area contributed by atoms with Crippen LogP contribution in [-0.2, 0) is 19.1 Å². The van der Waals surface area contributed by atoms with Crippen LogP contribution in [0, 0.1) is 17.3 Å². The molecule has 3 aliphatic heterocycles. The highest BCUT2D eigenvalue weighted by atomic mass is 79.9. The Morgan fingerprint density at radius 1 is 1.17 bits per heavy atom. The molecule has 2 saturated heterocycles. The summed E-state index contributed by atoms with van der Waals surface area (Å²) in [5.74, 6) is -1.61. The van der Waals surface area contributed by atoms with Crippen molar-refractivity contribution in [1.29, 1.82) is 0 Å². The van der Waals surface area contributed by atoms with Gasteiger partial charge in [0, 0.05) is 35.8 Å². The van der Waals surface area contributed by atoms with E-state index in [1.54, 1.807) is 7.11 Å². The van der Waals surface area contributed by atoms with Crippen molar-refractivity contribution in [1.82, 2.24) is 4.90 Å². The molecule has 0 saturated carbocycles. The van der Waals surface area contributed by atoms with Gasteiger partial charge in [-0.1, -0.05) is 48.9 Å². The first-order valence-electron chi connectivity index (χ1n) is 10.3. The van der Waals surface area contributed by atoms with Crippen LogP contribution in [0.25, 0.3) is 6.08 Å². The molecule has 0 radical (unpaired) electrons. The number of ether oxygens (including phenoxy) is 1. The van der Waals surface area contributed by atoms with Crippen LogP contribution in [0.3, 0.4) is 0 Å². The lowest BCUT2D eigenvalue weighted by atomic mass is 9.79. The molecule has 6 nitrogen and oxygen atoms in total. The molecular weight excluding hydrogens is 448 g/mol. The zero-order chi connectivity index (χ0) is 21.8. The zero-order valence-corrected chi connectivity index (χ0v) is 19.3. The zero-order valence-electron chi connectivity index (χ0n) is 17.7. The maximum Gasteiger partial charge on any atom is 0.235 e. The van der Waals surface area contributed by atoms with Crippen LogP contribution < -0.4 is 4.90 Å². The number of fused-ring (bicyclic) bond motifs is 5. The van der Waals surface area contributed by atoms with Gasteiger partial charge in [0.2, 0.25) is 11.8 Å². The lowest BCUT2D eigenvalue weighted by Gasteiger charge is -2.38. The number of carbonyl (C=O) groups excluding carboxylic acids is 3. The largest absolute Gasteiger partial charge is 0.385 e. The van der Waals surface area contributed by atoms with E-state index >= 15 is 0 Å². The van der Waals surface area contributed by atoms with Gasteiger partial charge in [-0.25, -0.2) is 0 Å². The number of likely N-dealkylation sites (tertiary alicyclic amines) is 1. The number of Topliss-reactive ketones (excluding diaryl/α,β-unsaturated/α-hetero) is 1. The third-order valence-electron chi connectivity index (χ3n) is 6.30. The van der Waals surface area contributed by atoms with Crippen LogP contribution in [0.2, 0.25) is 0 Å². The van der Waals surface area contributed by atoms with Gasteiger partial charge in [-0.2, -0.15) is 0 Å². The quantitative estimate of drug-likeness (QED) is 0.483. The van der Waals surface area contributed by atoms with Crippen molar-refractivity contribution in [2.24, 2.45) is 17.3 Å². The molecule has 0 spiro atoms. The second kappa shape index (κ2) is 7.61. The fourth-order valence-electron chi connectivity index (χ4n) is 4.94. The molecule has 1 aromatic carbocycles. The molecule has 160 valence electrons. The van der Waals surface area contributed by atoms with E-state index in [1.807, 2.05) is 56.0 Å². The molecule has 2 fully saturated rings. The summed E-state index contributed by atoms with van der Waals surface area (Å²) in [6.45, 7) is 6.43. The monoisotopic (exact) mass is 474 g/mol. The predicted molar refractivity (Wildman–Crippen MR) is 118 cm³/mol. The van der Waals surface area contributed by atoms with Crippen molar-refractivity contribution in [3.63, 3.8) is 0 Å². The topological polar surface area (TPSA) is 66.9 Å². The van der Waals surface area contributed by atoms with Gasteiger partial charge in [0.25, 0.3) is 0 Å². The summed E-state index contributed by atoms with van der Waals surface area (Å²) in [5, 5.41) is 0. The van der Waals surface area contributed by atoms with Gasteiger partial charge in [-0.15, -0.1) is 0 Å².